The van der Waals surface area contributed by atoms with Crippen molar-refractivity contribution in [2.75, 3.05) is 25.0 Å². The van der Waals surface area contributed by atoms with Gasteiger partial charge >= 0.3 is 6.36 Å². The summed E-state index contributed by atoms with van der Waals surface area (Å²) in [6, 6.07) is 10.7. The highest BCUT2D eigenvalue weighted by Crippen LogP contribution is 2.34. The Kier molecular flexibility index (Phi) is 7.20. The van der Waals surface area contributed by atoms with Crippen LogP contribution >= 0.6 is 0 Å². The van der Waals surface area contributed by atoms with Crippen molar-refractivity contribution < 1.29 is 27.4 Å². The van der Waals surface area contributed by atoms with E-state index in [1.807, 2.05) is 6.07 Å². The molecule has 2 aromatic carbocycles. The van der Waals surface area contributed by atoms with Crippen molar-refractivity contribution in [2.24, 2.45) is 0 Å². The second-order valence-corrected chi connectivity index (χ2v) is 7.11. The highest BCUT2D eigenvalue weighted by atomic mass is 19.4. The number of ether oxygens (including phenoxy) is 2. The zero-order valence-corrected chi connectivity index (χ0v) is 16.8. The molecule has 0 spiro atoms. The number of carbonyl (C=O) groups excluding carboxylic acids is 1. The Morgan fingerprint density at radius 1 is 1.10 bits per heavy atom. The summed E-state index contributed by atoms with van der Waals surface area (Å²) in [6.07, 6.45) is -1.45. The molecule has 1 heterocycles. The molecule has 1 amide bonds. The smallest absolute Gasteiger partial charge is 0.457 e. The predicted octanol–water partition coefficient (Wildman–Crippen LogP) is 5.36. The van der Waals surface area contributed by atoms with E-state index in [0.29, 0.717) is 24.3 Å². The third-order valence-corrected chi connectivity index (χ3v) is 4.87. The minimum absolute atomic E-state index is 0.116. The van der Waals surface area contributed by atoms with Crippen LogP contribution in [0.5, 0.6) is 17.2 Å². The van der Waals surface area contributed by atoms with Crippen LogP contribution in [-0.2, 0) is 11.2 Å². The summed E-state index contributed by atoms with van der Waals surface area (Å²) in [4.78, 5) is 14.3. The molecule has 0 saturated carbocycles. The number of rotatable bonds is 8. The number of hydrogen-bond donors (Lipinski definition) is 1. The van der Waals surface area contributed by atoms with E-state index in [-0.39, 0.29) is 17.4 Å². The van der Waals surface area contributed by atoms with Crippen LogP contribution < -0.4 is 14.8 Å². The SMILES string of the molecule is CCC(=O)Nc1cccc(Oc2cccc(OC(F)(F)F)c2)c1CCN1CCCC1. The van der Waals surface area contributed by atoms with E-state index in [1.165, 1.54) is 31.0 Å². The van der Waals surface area contributed by atoms with Gasteiger partial charge in [-0.15, -0.1) is 13.2 Å². The summed E-state index contributed by atoms with van der Waals surface area (Å²) in [5.74, 6) is 0.245. The molecule has 1 saturated heterocycles. The zero-order chi connectivity index (χ0) is 21.6. The van der Waals surface area contributed by atoms with E-state index in [0.717, 1.165) is 25.2 Å². The molecule has 0 bridgehead atoms. The maximum Gasteiger partial charge on any atom is 0.573 e. The van der Waals surface area contributed by atoms with Crippen LogP contribution in [0.15, 0.2) is 42.5 Å². The Morgan fingerprint density at radius 3 is 2.50 bits per heavy atom. The average Bonchev–Trinajstić information content (AvgIpc) is 3.20. The van der Waals surface area contributed by atoms with Crippen LogP contribution in [0.4, 0.5) is 18.9 Å². The minimum Gasteiger partial charge on any atom is -0.457 e. The van der Waals surface area contributed by atoms with E-state index in [2.05, 4.69) is 15.0 Å². The number of hydrogen-bond acceptors (Lipinski definition) is 4. The van der Waals surface area contributed by atoms with Gasteiger partial charge in [-0.1, -0.05) is 19.1 Å². The van der Waals surface area contributed by atoms with Crippen molar-refractivity contribution in [1.82, 2.24) is 4.90 Å². The Bertz CT molecular complexity index is 865. The Labute approximate surface area is 173 Å². The zero-order valence-electron chi connectivity index (χ0n) is 16.8. The number of amides is 1. The Morgan fingerprint density at radius 2 is 1.80 bits per heavy atom. The van der Waals surface area contributed by atoms with Crippen LogP contribution in [0, 0.1) is 0 Å². The van der Waals surface area contributed by atoms with Crippen molar-refractivity contribution in [3.8, 4) is 17.2 Å². The van der Waals surface area contributed by atoms with Crippen molar-refractivity contribution in [1.29, 1.82) is 0 Å². The summed E-state index contributed by atoms with van der Waals surface area (Å²) >= 11 is 0. The molecule has 0 aliphatic carbocycles. The molecule has 8 heteroatoms. The quantitative estimate of drug-likeness (QED) is 0.622. The summed E-state index contributed by atoms with van der Waals surface area (Å²) in [6.45, 7) is 4.66. The van der Waals surface area contributed by atoms with Crippen molar-refractivity contribution >= 4 is 11.6 Å². The van der Waals surface area contributed by atoms with Crippen LogP contribution in [0.2, 0.25) is 0 Å². The fourth-order valence-corrected chi connectivity index (χ4v) is 3.41. The lowest BCUT2D eigenvalue weighted by Crippen LogP contribution is -2.23. The molecule has 30 heavy (non-hydrogen) atoms. The van der Waals surface area contributed by atoms with Gasteiger partial charge in [-0.2, -0.15) is 0 Å². The fourth-order valence-electron chi connectivity index (χ4n) is 3.41. The molecule has 3 rings (SSSR count). The topological polar surface area (TPSA) is 50.8 Å². The summed E-state index contributed by atoms with van der Waals surface area (Å²) in [5, 5.41) is 2.89. The molecule has 162 valence electrons. The molecule has 1 aliphatic heterocycles. The summed E-state index contributed by atoms with van der Waals surface area (Å²) in [7, 11) is 0. The first-order valence-corrected chi connectivity index (χ1v) is 10.0. The number of halogens is 3. The van der Waals surface area contributed by atoms with Gasteiger partial charge in [0.1, 0.15) is 17.2 Å². The van der Waals surface area contributed by atoms with Crippen LogP contribution in [-0.4, -0.2) is 36.8 Å². The number of likely N-dealkylation sites (tertiary alicyclic amines) is 1. The monoisotopic (exact) mass is 422 g/mol. The third kappa shape index (κ3) is 6.38. The Balaban J connectivity index is 1.84. The molecule has 0 radical (unpaired) electrons. The minimum atomic E-state index is -4.77. The van der Waals surface area contributed by atoms with Gasteiger partial charge in [0, 0.05) is 30.3 Å². The molecular weight excluding hydrogens is 397 g/mol. The van der Waals surface area contributed by atoms with Gasteiger partial charge in [-0.25, -0.2) is 0 Å². The normalized spacial score (nSPS) is 14.5. The lowest BCUT2D eigenvalue weighted by atomic mass is 10.1. The lowest BCUT2D eigenvalue weighted by Gasteiger charge is -2.19. The largest absolute Gasteiger partial charge is 0.573 e. The molecular formula is C22H25F3N2O3. The average molecular weight is 422 g/mol. The van der Waals surface area contributed by atoms with Crippen molar-refractivity contribution in [3.05, 3.63) is 48.0 Å². The standard InChI is InChI=1S/C22H25F3N2O3/c1-2-21(28)26-19-9-6-10-20(18(19)11-14-27-12-3-4-13-27)29-16-7-5-8-17(15-16)30-22(23,24)25/h5-10,15H,2-4,11-14H2,1H3,(H,26,28). The summed E-state index contributed by atoms with van der Waals surface area (Å²) in [5.41, 5.74) is 1.47. The Hall–Kier alpha value is -2.74. The molecule has 0 unspecified atom stereocenters. The van der Waals surface area contributed by atoms with Crippen LogP contribution in [0.1, 0.15) is 31.7 Å². The maximum absolute atomic E-state index is 12.5. The van der Waals surface area contributed by atoms with Gasteiger partial charge in [0.2, 0.25) is 5.91 Å². The number of alkyl halides is 3. The van der Waals surface area contributed by atoms with Gasteiger partial charge in [0.15, 0.2) is 0 Å². The van der Waals surface area contributed by atoms with E-state index in [9.17, 15) is 18.0 Å². The molecule has 0 aromatic heterocycles. The second kappa shape index (κ2) is 9.84. The molecule has 2 aromatic rings. The lowest BCUT2D eigenvalue weighted by molar-refractivity contribution is -0.274. The molecule has 1 aliphatic rings. The number of nitrogens with zero attached hydrogens (tertiary/aromatic N) is 1. The predicted molar refractivity (Wildman–Crippen MR) is 108 cm³/mol. The first-order valence-electron chi connectivity index (χ1n) is 10.0. The van der Waals surface area contributed by atoms with E-state index < -0.39 is 6.36 Å². The highest BCUT2D eigenvalue weighted by Gasteiger charge is 2.31. The fraction of sp³-hybridized carbons (Fsp3) is 0.409. The molecule has 5 nitrogen and oxygen atoms in total. The van der Waals surface area contributed by atoms with Crippen LogP contribution in [0.25, 0.3) is 0 Å². The van der Waals surface area contributed by atoms with Gasteiger partial charge in [0.25, 0.3) is 0 Å². The van der Waals surface area contributed by atoms with E-state index >= 15 is 0 Å². The first-order chi connectivity index (χ1) is 14.3. The van der Waals surface area contributed by atoms with Crippen molar-refractivity contribution in [3.63, 3.8) is 0 Å². The van der Waals surface area contributed by atoms with Gasteiger partial charge in [0.05, 0.1) is 0 Å². The van der Waals surface area contributed by atoms with E-state index in [1.54, 1.807) is 25.1 Å². The number of carbonyl (C=O) groups is 1. The van der Waals surface area contributed by atoms with Gasteiger partial charge in [-0.3, -0.25) is 4.79 Å². The van der Waals surface area contributed by atoms with Gasteiger partial charge in [-0.05, 0) is 56.6 Å². The van der Waals surface area contributed by atoms with Crippen LogP contribution in [0.3, 0.4) is 0 Å². The number of nitrogens with one attached hydrogen (secondary N) is 1. The maximum atomic E-state index is 12.5. The summed E-state index contributed by atoms with van der Waals surface area (Å²) < 4.78 is 47.4. The molecule has 1 fully saturated rings. The van der Waals surface area contributed by atoms with Crippen molar-refractivity contribution in [2.45, 2.75) is 39.0 Å². The molecule has 0 atom stereocenters. The van der Waals surface area contributed by atoms with E-state index in [4.69, 9.17) is 4.74 Å². The first kappa shape index (κ1) is 22.0. The molecule has 1 N–H and O–H groups in total. The number of benzene rings is 2. The highest BCUT2D eigenvalue weighted by molar-refractivity contribution is 5.91. The van der Waals surface area contributed by atoms with Gasteiger partial charge < -0.3 is 19.7 Å². The third-order valence-electron chi connectivity index (χ3n) is 4.87. The second-order valence-electron chi connectivity index (χ2n) is 7.11. The number of anilines is 1.